The van der Waals surface area contributed by atoms with E-state index >= 15 is 0 Å². The quantitative estimate of drug-likeness (QED) is 0.293. The number of thioether (sulfide) groups is 1. The number of thiocarbonyl (C=S) groups is 1. The fourth-order valence-electron chi connectivity index (χ4n) is 4.20. The minimum Gasteiger partial charge on any atom is -0.466 e. The van der Waals surface area contributed by atoms with Gasteiger partial charge in [-0.2, -0.15) is 0 Å². The number of amides is 2. The minimum atomic E-state index is -0.936. The molecule has 2 fully saturated rings. The van der Waals surface area contributed by atoms with E-state index in [-0.39, 0.29) is 47.7 Å². The predicted molar refractivity (Wildman–Crippen MR) is 143 cm³/mol. The average Bonchev–Trinajstić information content (AvgIpc) is 3.13. The Morgan fingerprint density at radius 3 is 2.86 bits per heavy atom. The van der Waals surface area contributed by atoms with E-state index in [1.807, 2.05) is 13.0 Å². The van der Waals surface area contributed by atoms with Gasteiger partial charge in [-0.3, -0.25) is 28.5 Å². The Bertz CT molecular complexity index is 1360. The highest BCUT2D eigenvalue weighted by Crippen LogP contribution is 2.34. The molecule has 37 heavy (non-hydrogen) atoms. The predicted octanol–water partition coefficient (Wildman–Crippen LogP) is 1.11. The number of nitrogens with zero attached hydrogens (tertiary/aromatic N) is 4. The Balaban J connectivity index is 1.87. The summed E-state index contributed by atoms with van der Waals surface area (Å²) in [4.78, 5) is 60.1. The van der Waals surface area contributed by atoms with Crippen LogP contribution in [0.2, 0.25) is 0 Å². The van der Waals surface area contributed by atoms with E-state index in [9.17, 15) is 19.2 Å². The Kier molecular flexibility index (Phi) is 8.25. The third-order valence-corrected chi connectivity index (χ3v) is 7.38. The van der Waals surface area contributed by atoms with Gasteiger partial charge in [0.25, 0.3) is 11.5 Å². The number of ether oxygens (including phenoxy) is 2. The molecule has 2 aliphatic rings. The molecule has 0 spiro atoms. The number of aryl methyl sites for hydroxylation is 1. The van der Waals surface area contributed by atoms with Gasteiger partial charge >= 0.3 is 5.97 Å². The van der Waals surface area contributed by atoms with Crippen molar-refractivity contribution < 1.29 is 23.9 Å². The molecular weight excluding hydrogens is 518 g/mol. The highest BCUT2D eigenvalue weighted by atomic mass is 32.2. The second-order valence-electron chi connectivity index (χ2n) is 8.37. The number of hydrogen-bond acceptors (Lipinski definition) is 10. The van der Waals surface area contributed by atoms with Crippen molar-refractivity contribution >= 4 is 63.6 Å². The van der Waals surface area contributed by atoms with Crippen molar-refractivity contribution in [1.82, 2.24) is 19.6 Å². The third kappa shape index (κ3) is 5.38. The first-order chi connectivity index (χ1) is 17.8. The van der Waals surface area contributed by atoms with Crippen molar-refractivity contribution in [2.45, 2.75) is 26.3 Å². The first-order valence-corrected chi connectivity index (χ1v) is 13.0. The summed E-state index contributed by atoms with van der Waals surface area (Å²) in [7, 11) is 1.53. The lowest BCUT2D eigenvalue weighted by Crippen LogP contribution is -2.57. The average molecular weight is 546 g/mol. The fraction of sp³-hybridized carbons (Fsp3) is 0.417. The lowest BCUT2D eigenvalue weighted by molar-refractivity contribution is -0.145. The zero-order valence-corrected chi connectivity index (χ0v) is 22.3. The number of nitrogens with one attached hydrogen (secondary N) is 1. The summed E-state index contributed by atoms with van der Waals surface area (Å²) in [5.41, 5.74) is 0.875. The maximum atomic E-state index is 13.8. The van der Waals surface area contributed by atoms with E-state index in [4.69, 9.17) is 26.7 Å². The molecule has 11 nitrogen and oxygen atoms in total. The maximum Gasteiger partial charge on any atom is 0.308 e. The van der Waals surface area contributed by atoms with Gasteiger partial charge in [-0.1, -0.05) is 30.0 Å². The Hall–Kier alpha value is -3.29. The van der Waals surface area contributed by atoms with Crippen LogP contribution in [-0.4, -0.2) is 82.4 Å². The zero-order valence-electron chi connectivity index (χ0n) is 20.7. The van der Waals surface area contributed by atoms with Gasteiger partial charge in [-0.05, 0) is 31.6 Å². The number of methoxy groups -OCH3 is 1. The largest absolute Gasteiger partial charge is 0.466 e. The summed E-state index contributed by atoms with van der Waals surface area (Å²) < 4.78 is 11.9. The maximum absolute atomic E-state index is 13.8. The van der Waals surface area contributed by atoms with Gasteiger partial charge in [0.15, 0.2) is 0 Å². The lowest BCUT2D eigenvalue weighted by atomic mass is 10.1. The standard InChI is InChI=1S/C24H27N5O6S2/c1-4-35-18(30)13-16-21(31)25-7-9-27(16)20-15(22(32)28-8-5-6-14(2)19(28)26-20)12-17-23(33)29(10-11-34-3)24(36)37-17/h5-6,8,12,16H,4,7,9-11,13H2,1-3H3,(H,25,31). The van der Waals surface area contributed by atoms with Crippen LogP contribution in [0.3, 0.4) is 0 Å². The first-order valence-electron chi connectivity index (χ1n) is 11.7. The van der Waals surface area contributed by atoms with Crippen LogP contribution in [0.25, 0.3) is 11.7 Å². The van der Waals surface area contributed by atoms with Crippen LogP contribution in [0, 0.1) is 6.92 Å². The molecule has 2 aromatic heterocycles. The minimum absolute atomic E-state index is 0.124. The fourth-order valence-corrected chi connectivity index (χ4v) is 5.49. The van der Waals surface area contributed by atoms with Crippen LogP contribution in [0.5, 0.6) is 0 Å². The number of esters is 1. The molecule has 4 rings (SSSR count). The van der Waals surface area contributed by atoms with Crippen LogP contribution < -0.4 is 15.8 Å². The molecule has 1 unspecified atom stereocenters. The monoisotopic (exact) mass is 545 g/mol. The molecule has 0 aromatic carbocycles. The van der Waals surface area contributed by atoms with Gasteiger partial charge in [0.2, 0.25) is 5.91 Å². The van der Waals surface area contributed by atoms with Crippen molar-refractivity contribution in [1.29, 1.82) is 0 Å². The number of carbonyl (C=O) groups excluding carboxylic acids is 3. The molecule has 0 saturated carbocycles. The Morgan fingerprint density at radius 1 is 1.35 bits per heavy atom. The van der Waals surface area contributed by atoms with Crippen molar-refractivity contribution in [2.75, 3.05) is 44.9 Å². The summed E-state index contributed by atoms with van der Waals surface area (Å²) in [5, 5.41) is 2.76. The molecule has 2 saturated heterocycles. The van der Waals surface area contributed by atoms with E-state index < -0.39 is 17.6 Å². The topological polar surface area (TPSA) is 123 Å². The van der Waals surface area contributed by atoms with E-state index in [2.05, 4.69) is 5.32 Å². The zero-order chi connectivity index (χ0) is 26.7. The van der Waals surface area contributed by atoms with Gasteiger partial charge in [-0.15, -0.1) is 0 Å². The van der Waals surface area contributed by atoms with Crippen LogP contribution in [0.4, 0.5) is 5.82 Å². The summed E-state index contributed by atoms with van der Waals surface area (Å²) in [6.45, 7) is 4.89. The lowest BCUT2D eigenvalue weighted by Gasteiger charge is -2.36. The first kappa shape index (κ1) is 26.8. The van der Waals surface area contributed by atoms with Crippen molar-refractivity contribution in [3.8, 4) is 0 Å². The number of carbonyl (C=O) groups is 3. The molecule has 2 amide bonds. The molecule has 0 bridgehead atoms. The van der Waals surface area contributed by atoms with E-state index in [0.717, 1.165) is 17.3 Å². The van der Waals surface area contributed by atoms with Gasteiger partial charge in [0.1, 0.15) is 21.8 Å². The van der Waals surface area contributed by atoms with E-state index in [1.54, 1.807) is 24.1 Å². The number of pyridine rings is 1. The molecule has 196 valence electrons. The SMILES string of the molecule is CCOC(=O)CC1C(=O)NCCN1c1nc2c(C)cccn2c(=O)c1C=C1SC(=S)N(CCOC)C1=O. The van der Waals surface area contributed by atoms with Gasteiger partial charge in [0.05, 0.1) is 36.6 Å². The molecule has 0 radical (unpaired) electrons. The molecule has 1 atom stereocenters. The van der Waals surface area contributed by atoms with Crippen LogP contribution in [0.1, 0.15) is 24.5 Å². The van der Waals surface area contributed by atoms with Crippen LogP contribution >= 0.6 is 24.0 Å². The van der Waals surface area contributed by atoms with Crippen molar-refractivity contribution in [3.63, 3.8) is 0 Å². The molecular formula is C24H27N5O6S2. The second kappa shape index (κ2) is 11.4. The van der Waals surface area contributed by atoms with Crippen LogP contribution in [-0.2, 0) is 23.9 Å². The summed E-state index contributed by atoms with van der Waals surface area (Å²) in [5.74, 6) is -1.04. The molecule has 1 N–H and O–H groups in total. The number of rotatable bonds is 8. The smallest absolute Gasteiger partial charge is 0.308 e. The number of fused-ring (bicyclic) bond motifs is 1. The molecule has 2 aliphatic heterocycles. The number of piperazine rings is 1. The van der Waals surface area contributed by atoms with Crippen LogP contribution in [0.15, 0.2) is 28.0 Å². The van der Waals surface area contributed by atoms with Crippen molar-refractivity contribution in [3.05, 3.63) is 44.7 Å². The highest BCUT2D eigenvalue weighted by molar-refractivity contribution is 8.26. The molecule has 0 aliphatic carbocycles. The van der Waals surface area contributed by atoms with E-state index in [1.165, 1.54) is 22.5 Å². The second-order valence-corrected chi connectivity index (χ2v) is 10.1. The molecule has 4 heterocycles. The Morgan fingerprint density at radius 2 is 2.14 bits per heavy atom. The normalized spacial score (nSPS) is 19.2. The number of anilines is 1. The molecule has 13 heteroatoms. The van der Waals surface area contributed by atoms with E-state index in [0.29, 0.717) is 29.7 Å². The Labute approximate surface area is 222 Å². The third-order valence-electron chi connectivity index (χ3n) is 6.00. The van der Waals surface area contributed by atoms with Gasteiger partial charge in [-0.25, -0.2) is 4.98 Å². The number of aromatic nitrogens is 2. The number of hydrogen-bond donors (Lipinski definition) is 1. The molecule has 2 aromatic rings. The summed E-state index contributed by atoms with van der Waals surface area (Å²) in [6.07, 6.45) is 2.86. The highest BCUT2D eigenvalue weighted by Gasteiger charge is 2.36. The van der Waals surface area contributed by atoms with Gasteiger partial charge in [0, 0.05) is 26.4 Å². The summed E-state index contributed by atoms with van der Waals surface area (Å²) in [6, 6.07) is 2.62. The van der Waals surface area contributed by atoms with Gasteiger partial charge < -0.3 is 19.7 Å². The van der Waals surface area contributed by atoms with Crippen molar-refractivity contribution in [2.24, 2.45) is 0 Å². The summed E-state index contributed by atoms with van der Waals surface area (Å²) >= 11 is 6.46.